The third kappa shape index (κ3) is 3.59. The molecule has 23 heavy (non-hydrogen) atoms. The molecular weight excluding hydrogens is 292 g/mol. The number of nitrogens with two attached hydrogens (primary N) is 1. The number of urea groups is 1. The molecule has 1 aromatic carbocycles. The van der Waals surface area contributed by atoms with Gasteiger partial charge in [-0.3, -0.25) is 9.78 Å². The summed E-state index contributed by atoms with van der Waals surface area (Å²) in [6.45, 7) is 1.28. The van der Waals surface area contributed by atoms with Crippen LogP contribution in [0.5, 0.6) is 0 Å². The number of hydrogen-bond donors (Lipinski definition) is 2. The number of nitrogens with zero attached hydrogens (tertiary/aromatic N) is 2. The zero-order chi connectivity index (χ0) is 16.2. The number of para-hydroxylation sites is 1. The fourth-order valence-electron chi connectivity index (χ4n) is 3.02. The highest BCUT2D eigenvalue weighted by atomic mass is 16.2. The van der Waals surface area contributed by atoms with Gasteiger partial charge in [0.25, 0.3) is 0 Å². The molecule has 2 aromatic rings. The largest absolute Gasteiger partial charge is 0.370 e. The normalized spacial score (nSPS) is 15.6. The topological polar surface area (TPSA) is 88.3 Å². The van der Waals surface area contributed by atoms with Gasteiger partial charge >= 0.3 is 6.03 Å². The van der Waals surface area contributed by atoms with Crippen LogP contribution in [0.3, 0.4) is 0 Å². The molecule has 1 saturated heterocycles. The molecule has 1 aliphatic rings. The summed E-state index contributed by atoms with van der Waals surface area (Å²) >= 11 is 0. The third-order valence-corrected chi connectivity index (χ3v) is 4.27. The van der Waals surface area contributed by atoms with E-state index in [2.05, 4.69) is 10.3 Å². The molecule has 0 radical (unpaired) electrons. The predicted octanol–water partition coefficient (Wildman–Crippen LogP) is 2.35. The van der Waals surface area contributed by atoms with Crippen molar-refractivity contribution in [1.29, 1.82) is 0 Å². The van der Waals surface area contributed by atoms with Gasteiger partial charge in [0.1, 0.15) is 0 Å². The van der Waals surface area contributed by atoms with Crippen molar-refractivity contribution < 1.29 is 9.59 Å². The van der Waals surface area contributed by atoms with E-state index in [0.29, 0.717) is 25.2 Å². The van der Waals surface area contributed by atoms with Gasteiger partial charge in [-0.2, -0.15) is 0 Å². The molecule has 120 valence electrons. The molecule has 3 amide bonds. The van der Waals surface area contributed by atoms with Crippen LogP contribution in [0.25, 0.3) is 10.9 Å². The maximum atomic E-state index is 12.4. The van der Waals surface area contributed by atoms with E-state index in [1.807, 2.05) is 30.3 Å². The van der Waals surface area contributed by atoms with E-state index in [4.69, 9.17) is 5.73 Å². The van der Waals surface area contributed by atoms with Gasteiger partial charge in [0.05, 0.1) is 11.2 Å². The fourth-order valence-corrected chi connectivity index (χ4v) is 3.02. The fraction of sp³-hybridized carbons (Fsp3) is 0.353. The second-order valence-corrected chi connectivity index (χ2v) is 5.91. The summed E-state index contributed by atoms with van der Waals surface area (Å²) in [5.74, 6) is 0.0190. The Morgan fingerprint density at radius 3 is 2.70 bits per heavy atom. The van der Waals surface area contributed by atoms with E-state index in [1.165, 1.54) is 0 Å². The van der Waals surface area contributed by atoms with E-state index in [0.717, 1.165) is 23.7 Å². The number of rotatable bonds is 3. The van der Waals surface area contributed by atoms with Crippen molar-refractivity contribution in [3.05, 3.63) is 36.5 Å². The standard InChI is InChI=1S/C17H20N4O2/c18-15(22)11-12-6-9-21(10-7-12)17(23)20-14-5-1-3-13-4-2-8-19-16(13)14/h1-5,8,12H,6-7,9-11H2,(H2,18,22)(H,20,23). The zero-order valence-corrected chi connectivity index (χ0v) is 12.9. The lowest BCUT2D eigenvalue weighted by atomic mass is 9.93. The number of pyridine rings is 1. The van der Waals surface area contributed by atoms with Crippen LogP contribution in [-0.2, 0) is 4.79 Å². The summed E-state index contributed by atoms with van der Waals surface area (Å²) in [6.07, 6.45) is 3.74. The Bertz CT molecular complexity index is 718. The molecule has 0 bridgehead atoms. The summed E-state index contributed by atoms with van der Waals surface area (Å²) in [7, 11) is 0. The minimum absolute atomic E-state index is 0.124. The Morgan fingerprint density at radius 1 is 1.22 bits per heavy atom. The van der Waals surface area contributed by atoms with Crippen LogP contribution in [0.1, 0.15) is 19.3 Å². The van der Waals surface area contributed by atoms with Crippen LogP contribution in [0.4, 0.5) is 10.5 Å². The van der Waals surface area contributed by atoms with Gasteiger partial charge in [0, 0.05) is 31.1 Å². The lowest BCUT2D eigenvalue weighted by Gasteiger charge is -2.31. The van der Waals surface area contributed by atoms with E-state index in [-0.39, 0.29) is 17.9 Å². The van der Waals surface area contributed by atoms with Crippen LogP contribution in [-0.4, -0.2) is 34.9 Å². The number of fused-ring (bicyclic) bond motifs is 1. The Labute approximate surface area is 134 Å². The number of anilines is 1. The molecule has 0 saturated carbocycles. The molecule has 6 nitrogen and oxygen atoms in total. The number of nitrogens with one attached hydrogen (secondary N) is 1. The molecule has 1 fully saturated rings. The van der Waals surface area contributed by atoms with Crippen molar-refractivity contribution in [3.63, 3.8) is 0 Å². The van der Waals surface area contributed by atoms with Gasteiger partial charge in [-0.1, -0.05) is 18.2 Å². The van der Waals surface area contributed by atoms with Crippen molar-refractivity contribution in [3.8, 4) is 0 Å². The molecule has 2 heterocycles. The molecule has 3 rings (SSSR count). The maximum Gasteiger partial charge on any atom is 0.321 e. The molecule has 0 atom stereocenters. The molecule has 0 aliphatic carbocycles. The average Bonchev–Trinajstić information content (AvgIpc) is 2.55. The molecule has 1 aliphatic heterocycles. The Hall–Kier alpha value is -2.63. The van der Waals surface area contributed by atoms with Gasteiger partial charge in [-0.25, -0.2) is 4.79 Å². The number of benzene rings is 1. The lowest BCUT2D eigenvalue weighted by Crippen LogP contribution is -2.41. The Balaban J connectivity index is 1.64. The maximum absolute atomic E-state index is 12.4. The summed E-state index contributed by atoms with van der Waals surface area (Å²) in [5.41, 5.74) is 6.73. The van der Waals surface area contributed by atoms with Gasteiger partial charge < -0.3 is 16.0 Å². The minimum Gasteiger partial charge on any atom is -0.370 e. The minimum atomic E-state index is -0.269. The first kappa shape index (κ1) is 15.3. The molecule has 0 unspecified atom stereocenters. The number of primary amides is 1. The van der Waals surface area contributed by atoms with Gasteiger partial charge in [-0.15, -0.1) is 0 Å². The summed E-state index contributed by atoms with van der Waals surface area (Å²) in [6, 6.07) is 9.44. The van der Waals surface area contributed by atoms with Crippen LogP contribution in [0.2, 0.25) is 0 Å². The number of amides is 3. The second-order valence-electron chi connectivity index (χ2n) is 5.91. The summed E-state index contributed by atoms with van der Waals surface area (Å²) < 4.78 is 0. The number of aromatic nitrogens is 1. The quantitative estimate of drug-likeness (QED) is 0.912. The smallest absolute Gasteiger partial charge is 0.321 e. The SMILES string of the molecule is NC(=O)CC1CCN(C(=O)Nc2cccc3cccnc23)CC1. The van der Waals surface area contributed by atoms with Crippen molar-refractivity contribution in [1.82, 2.24) is 9.88 Å². The van der Waals surface area contributed by atoms with Gasteiger partial charge in [0.2, 0.25) is 5.91 Å². The highest BCUT2D eigenvalue weighted by Gasteiger charge is 2.24. The third-order valence-electron chi connectivity index (χ3n) is 4.27. The summed E-state index contributed by atoms with van der Waals surface area (Å²) in [5, 5.41) is 3.93. The Kier molecular flexibility index (Phi) is 4.41. The lowest BCUT2D eigenvalue weighted by molar-refractivity contribution is -0.119. The molecule has 1 aromatic heterocycles. The van der Waals surface area contributed by atoms with E-state index < -0.39 is 0 Å². The first-order chi connectivity index (χ1) is 11.1. The molecular formula is C17H20N4O2. The van der Waals surface area contributed by atoms with Crippen molar-refractivity contribution in [2.24, 2.45) is 11.7 Å². The Morgan fingerprint density at radius 2 is 1.96 bits per heavy atom. The molecule has 3 N–H and O–H groups in total. The highest BCUT2D eigenvalue weighted by molar-refractivity contribution is 5.99. The number of carbonyl (C=O) groups is 2. The monoisotopic (exact) mass is 312 g/mol. The van der Waals surface area contributed by atoms with Crippen LogP contribution >= 0.6 is 0 Å². The highest BCUT2D eigenvalue weighted by Crippen LogP contribution is 2.23. The number of piperidine rings is 1. The number of carbonyl (C=O) groups excluding carboxylic acids is 2. The number of likely N-dealkylation sites (tertiary alicyclic amines) is 1. The second kappa shape index (κ2) is 6.64. The van der Waals surface area contributed by atoms with E-state index in [9.17, 15) is 9.59 Å². The van der Waals surface area contributed by atoms with Crippen LogP contribution < -0.4 is 11.1 Å². The predicted molar refractivity (Wildman–Crippen MR) is 88.9 cm³/mol. The first-order valence-electron chi connectivity index (χ1n) is 7.81. The van der Waals surface area contributed by atoms with Gasteiger partial charge in [0.15, 0.2) is 0 Å². The van der Waals surface area contributed by atoms with E-state index >= 15 is 0 Å². The first-order valence-corrected chi connectivity index (χ1v) is 7.81. The zero-order valence-electron chi connectivity index (χ0n) is 12.9. The number of hydrogen-bond acceptors (Lipinski definition) is 3. The van der Waals surface area contributed by atoms with Crippen LogP contribution in [0, 0.1) is 5.92 Å². The molecule has 6 heteroatoms. The molecule has 0 spiro atoms. The van der Waals surface area contributed by atoms with Crippen LogP contribution in [0.15, 0.2) is 36.5 Å². The van der Waals surface area contributed by atoms with Crippen molar-refractivity contribution >= 4 is 28.5 Å². The van der Waals surface area contributed by atoms with E-state index in [1.54, 1.807) is 11.1 Å². The summed E-state index contributed by atoms with van der Waals surface area (Å²) in [4.78, 5) is 29.5. The van der Waals surface area contributed by atoms with Crippen molar-refractivity contribution in [2.45, 2.75) is 19.3 Å². The van der Waals surface area contributed by atoms with Crippen molar-refractivity contribution in [2.75, 3.05) is 18.4 Å². The average molecular weight is 312 g/mol. The van der Waals surface area contributed by atoms with Gasteiger partial charge in [-0.05, 0) is 30.9 Å².